The van der Waals surface area contributed by atoms with Gasteiger partial charge in [-0.05, 0) is 6.92 Å². The maximum Gasteiger partial charge on any atom is 0.407 e. The number of nitrogens with zero attached hydrogens (tertiary/aromatic N) is 2. The molecule has 0 saturated heterocycles. The molecule has 1 N–H and O–H groups in total. The van der Waals surface area contributed by atoms with Crippen molar-refractivity contribution in [3.8, 4) is 5.75 Å². The second kappa shape index (κ2) is 4.20. The Bertz CT molecular complexity index is 452. The lowest BCUT2D eigenvalue weighted by Gasteiger charge is -2.20. The van der Waals surface area contributed by atoms with Crippen molar-refractivity contribution in [3.63, 3.8) is 0 Å². The highest BCUT2D eigenvalue weighted by atomic mass is 19.1. The van der Waals surface area contributed by atoms with E-state index in [0.29, 0.717) is 11.4 Å². The van der Waals surface area contributed by atoms with E-state index in [1.165, 1.54) is 18.0 Å². The van der Waals surface area contributed by atoms with Crippen LogP contribution in [-0.2, 0) is 0 Å². The highest BCUT2D eigenvalue weighted by Crippen LogP contribution is 2.37. The molecule has 0 fully saturated rings. The number of hydrogen-bond acceptors (Lipinski definition) is 3. The quantitative estimate of drug-likeness (QED) is 0.854. The average molecular weight is 240 g/mol. The van der Waals surface area contributed by atoms with Gasteiger partial charge in [0.05, 0.1) is 17.8 Å². The first kappa shape index (κ1) is 11.6. The van der Waals surface area contributed by atoms with Gasteiger partial charge in [0.2, 0.25) is 0 Å². The Morgan fingerprint density at radius 1 is 1.71 bits per heavy atom. The first-order valence-corrected chi connectivity index (χ1v) is 5.25. The van der Waals surface area contributed by atoms with Crippen molar-refractivity contribution in [2.75, 3.05) is 13.6 Å². The summed E-state index contributed by atoms with van der Waals surface area (Å²) in [6.07, 6.45) is -0.0950. The Balaban J connectivity index is 2.23. The Morgan fingerprint density at radius 3 is 3.06 bits per heavy atom. The van der Waals surface area contributed by atoms with Crippen LogP contribution in [0.2, 0.25) is 0 Å². The first-order valence-electron chi connectivity index (χ1n) is 5.25. The summed E-state index contributed by atoms with van der Waals surface area (Å²) in [4.78, 5) is 15.9. The van der Waals surface area contributed by atoms with Crippen LogP contribution in [0.25, 0.3) is 0 Å². The predicted octanol–water partition coefficient (Wildman–Crippen LogP) is 1.69. The fourth-order valence-corrected chi connectivity index (χ4v) is 1.92. The summed E-state index contributed by atoms with van der Waals surface area (Å²) < 4.78 is 18.4. The molecule has 1 aromatic heterocycles. The van der Waals surface area contributed by atoms with Gasteiger partial charge in [0.25, 0.3) is 0 Å². The van der Waals surface area contributed by atoms with Gasteiger partial charge in [-0.1, -0.05) is 0 Å². The number of rotatable bonds is 2. The van der Waals surface area contributed by atoms with E-state index in [0.717, 1.165) is 6.20 Å². The molecule has 0 saturated carbocycles. The number of aromatic nitrogens is 1. The van der Waals surface area contributed by atoms with Crippen LogP contribution in [0, 0.1) is 5.82 Å². The molecule has 2 rings (SSSR count). The highest BCUT2D eigenvalue weighted by Gasteiger charge is 2.34. The minimum absolute atomic E-state index is 0.160. The molecule has 1 aliphatic heterocycles. The Morgan fingerprint density at radius 2 is 2.41 bits per heavy atom. The summed E-state index contributed by atoms with van der Waals surface area (Å²) in [5.41, 5.74) is 0.618. The molecule has 1 aliphatic rings. The van der Waals surface area contributed by atoms with E-state index in [1.807, 2.05) is 6.92 Å². The molecule has 17 heavy (non-hydrogen) atoms. The molecule has 2 atom stereocenters. The third kappa shape index (κ3) is 2.15. The van der Waals surface area contributed by atoms with Crippen LogP contribution in [0.1, 0.15) is 18.5 Å². The second-order valence-electron chi connectivity index (χ2n) is 4.13. The van der Waals surface area contributed by atoms with Crippen molar-refractivity contribution >= 4 is 6.09 Å². The average Bonchev–Trinajstić information content (AvgIpc) is 2.54. The van der Waals surface area contributed by atoms with Crippen LogP contribution in [0.15, 0.2) is 12.3 Å². The second-order valence-corrected chi connectivity index (χ2v) is 4.13. The largest absolute Gasteiger partial charge is 0.488 e. The van der Waals surface area contributed by atoms with Gasteiger partial charge in [0, 0.05) is 19.7 Å². The standard InChI is InChI=1S/C11H13FN2O3/c1-6-8(5-14(2)11(15)16)10-9(17-6)3-7(12)4-13-10/h3-4,6,8H,5H2,1-2H3,(H,15,16)/t6-,8-/m1/s1. The van der Waals surface area contributed by atoms with Crippen LogP contribution < -0.4 is 4.74 Å². The van der Waals surface area contributed by atoms with Gasteiger partial charge in [0.15, 0.2) is 0 Å². The van der Waals surface area contributed by atoms with Crippen LogP contribution in [-0.4, -0.2) is 40.8 Å². The van der Waals surface area contributed by atoms with E-state index in [9.17, 15) is 9.18 Å². The summed E-state index contributed by atoms with van der Waals surface area (Å²) in [6.45, 7) is 2.10. The number of halogens is 1. The van der Waals surface area contributed by atoms with Crippen molar-refractivity contribution in [1.29, 1.82) is 0 Å². The minimum Gasteiger partial charge on any atom is -0.488 e. The lowest BCUT2D eigenvalue weighted by atomic mass is 10.0. The fraction of sp³-hybridized carbons (Fsp3) is 0.455. The van der Waals surface area contributed by atoms with Gasteiger partial charge >= 0.3 is 6.09 Å². The van der Waals surface area contributed by atoms with Crippen LogP contribution >= 0.6 is 0 Å². The number of pyridine rings is 1. The first-order chi connectivity index (χ1) is 7.99. The number of likely N-dealkylation sites (N-methyl/N-ethyl adjacent to an activating group) is 1. The fourth-order valence-electron chi connectivity index (χ4n) is 1.92. The Labute approximate surface area is 97.8 Å². The minimum atomic E-state index is -1.01. The maximum atomic E-state index is 13.0. The molecule has 0 unspecified atom stereocenters. The monoisotopic (exact) mass is 240 g/mol. The van der Waals surface area contributed by atoms with Crippen LogP contribution in [0.3, 0.4) is 0 Å². The molecule has 0 spiro atoms. The normalized spacial score (nSPS) is 21.8. The molecule has 0 radical (unpaired) electrons. The summed E-state index contributed by atoms with van der Waals surface area (Å²) in [5, 5.41) is 8.83. The lowest BCUT2D eigenvalue weighted by Crippen LogP contribution is -2.33. The Hall–Kier alpha value is -1.85. The van der Waals surface area contributed by atoms with E-state index in [-0.39, 0.29) is 18.6 Å². The number of carboxylic acid groups (broad SMARTS) is 1. The predicted molar refractivity (Wildman–Crippen MR) is 57.7 cm³/mol. The number of amides is 1. The molecule has 1 amide bonds. The summed E-state index contributed by atoms with van der Waals surface area (Å²) in [7, 11) is 1.48. The molecule has 1 aromatic rings. The molecule has 92 valence electrons. The van der Waals surface area contributed by atoms with Crippen molar-refractivity contribution in [1.82, 2.24) is 9.88 Å². The SMILES string of the molecule is C[C@H]1Oc2cc(F)cnc2[C@@H]1CN(C)C(=O)O. The smallest absolute Gasteiger partial charge is 0.407 e. The molecular formula is C11H13FN2O3. The lowest BCUT2D eigenvalue weighted by molar-refractivity contribution is 0.143. The number of ether oxygens (including phenoxy) is 1. The third-order valence-corrected chi connectivity index (χ3v) is 2.88. The van der Waals surface area contributed by atoms with Crippen molar-refractivity contribution in [2.45, 2.75) is 18.9 Å². The van der Waals surface area contributed by atoms with E-state index < -0.39 is 11.9 Å². The molecule has 0 aromatic carbocycles. The van der Waals surface area contributed by atoms with Gasteiger partial charge in [0.1, 0.15) is 17.7 Å². The molecule has 5 nitrogen and oxygen atoms in total. The van der Waals surface area contributed by atoms with Crippen molar-refractivity contribution < 1.29 is 19.0 Å². The van der Waals surface area contributed by atoms with Crippen LogP contribution in [0.5, 0.6) is 5.75 Å². The van der Waals surface area contributed by atoms with E-state index >= 15 is 0 Å². The molecule has 0 bridgehead atoms. The summed E-state index contributed by atoms with van der Waals surface area (Å²) in [5.74, 6) is -0.212. The van der Waals surface area contributed by atoms with Gasteiger partial charge in [-0.3, -0.25) is 4.98 Å². The zero-order valence-corrected chi connectivity index (χ0v) is 9.55. The van der Waals surface area contributed by atoms with E-state index in [4.69, 9.17) is 9.84 Å². The van der Waals surface area contributed by atoms with Crippen molar-refractivity contribution in [3.05, 3.63) is 23.8 Å². The van der Waals surface area contributed by atoms with Gasteiger partial charge in [-0.25, -0.2) is 9.18 Å². The number of carbonyl (C=O) groups is 1. The molecular weight excluding hydrogens is 227 g/mol. The maximum absolute atomic E-state index is 13.0. The molecule has 6 heteroatoms. The third-order valence-electron chi connectivity index (χ3n) is 2.88. The van der Waals surface area contributed by atoms with Crippen molar-refractivity contribution in [2.24, 2.45) is 0 Å². The number of fused-ring (bicyclic) bond motifs is 1. The summed E-state index contributed by atoms with van der Waals surface area (Å²) in [6, 6.07) is 1.28. The van der Waals surface area contributed by atoms with Crippen LogP contribution in [0.4, 0.5) is 9.18 Å². The molecule has 2 heterocycles. The van der Waals surface area contributed by atoms with Gasteiger partial charge in [-0.15, -0.1) is 0 Å². The highest BCUT2D eigenvalue weighted by molar-refractivity contribution is 5.64. The van der Waals surface area contributed by atoms with E-state index in [2.05, 4.69) is 4.98 Å². The number of hydrogen-bond donors (Lipinski definition) is 1. The van der Waals surface area contributed by atoms with Gasteiger partial charge < -0.3 is 14.7 Å². The summed E-state index contributed by atoms with van der Waals surface area (Å²) >= 11 is 0. The van der Waals surface area contributed by atoms with Gasteiger partial charge in [-0.2, -0.15) is 0 Å². The zero-order chi connectivity index (χ0) is 12.6. The van der Waals surface area contributed by atoms with E-state index in [1.54, 1.807) is 0 Å². The molecule has 0 aliphatic carbocycles. The Kier molecular flexibility index (Phi) is 2.87. The zero-order valence-electron chi connectivity index (χ0n) is 9.55. The topological polar surface area (TPSA) is 62.7 Å².